The van der Waals surface area contributed by atoms with E-state index in [4.69, 9.17) is 0 Å². The summed E-state index contributed by atoms with van der Waals surface area (Å²) in [4.78, 5) is 17.2. The van der Waals surface area contributed by atoms with E-state index in [0.717, 1.165) is 38.2 Å². The summed E-state index contributed by atoms with van der Waals surface area (Å²) in [6.45, 7) is 2.31. The summed E-state index contributed by atoms with van der Waals surface area (Å²) >= 11 is 0. The minimum absolute atomic E-state index is 0. The van der Waals surface area contributed by atoms with E-state index in [2.05, 4.69) is 10.3 Å². The highest BCUT2D eigenvalue weighted by Crippen LogP contribution is 2.39. The van der Waals surface area contributed by atoms with Crippen molar-refractivity contribution < 1.29 is 18.0 Å². The molecule has 1 atom stereocenters. The fourth-order valence-corrected chi connectivity index (χ4v) is 3.12. The zero-order valence-corrected chi connectivity index (χ0v) is 12.6. The molecule has 3 rings (SSSR count). The fourth-order valence-electron chi connectivity index (χ4n) is 3.12. The molecule has 1 unspecified atom stereocenters. The number of carbonyl (C=O) groups excluding carboxylic acids is 1. The van der Waals surface area contributed by atoms with Crippen LogP contribution in [-0.4, -0.2) is 30.5 Å². The SMILES string of the molecule is Cl.O=C1CC2(CCNC2)CCN1c1ccc(C(F)(F)F)nc1. The molecule has 1 N–H and O–H groups in total. The van der Waals surface area contributed by atoms with Gasteiger partial charge in [0.25, 0.3) is 0 Å². The van der Waals surface area contributed by atoms with Gasteiger partial charge in [-0.05, 0) is 36.9 Å². The van der Waals surface area contributed by atoms with Crippen molar-refractivity contribution in [2.45, 2.75) is 25.4 Å². The van der Waals surface area contributed by atoms with E-state index in [1.807, 2.05) is 0 Å². The number of halogens is 4. The molecular formula is C14H17ClF3N3O. The second-order valence-corrected chi connectivity index (χ2v) is 5.80. The summed E-state index contributed by atoms with van der Waals surface area (Å²) in [5.41, 5.74) is -0.464. The van der Waals surface area contributed by atoms with Crippen LogP contribution in [0.5, 0.6) is 0 Å². The van der Waals surface area contributed by atoms with Gasteiger partial charge < -0.3 is 10.2 Å². The Morgan fingerprint density at radius 3 is 2.55 bits per heavy atom. The first kappa shape index (κ1) is 17.0. The normalized spacial score (nSPS) is 25.4. The molecule has 0 bridgehead atoms. The smallest absolute Gasteiger partial charge is 0.316 e. The molecule has 2 fully saturated rings. The summed E-state index contributed by atoms with van der Waals surface area (Å²) in [5.74, 6) is -0.0356. The molecule has 1 amide bonds. The van der Waals surface area contributed by atoms with Gasteiger partial charge in [0, 0.05) is 19.5 Å². The second kappa shape index (κ2) is 6.04. The van der Waals surface area contributed by atoms with Gasteiger partial charge >= 0.3 is 6.18 Å². The number of aromatic nitrogens is 1. The lowest BCUT2D eigenvalue weighted by molar-refractivity contribution is -0.141. The van der Waals surface area contributed by atoms with Crippen LogP contribution in [0.3, 0.4) is 0 Å². The predicted octanol–water partition coefficient (Wildman–Crippen LogP) is 2.63. The minimum atomic E-state index is -4.45. The van der Waals surface area contributed by atoms with Crippen molar-refractivity contribution >= 4 is 24.0 Å². The number of nitrogens with zero attached hydrogens (tertiary/aromatic N) is 2. The lowest BCUT2D eigenvalue weighted by Crippen LogP contribution is -2.45. The van der Waals surface area contributed by atoms with Crippen LogP contribution in [-0.2, 0) is 11.0 Å². The monoisotopic (exact) mass is 335 g/mol. The number of carbonyl (C=O) groups is 1. The molecule has 8 heteroatoms. The van der Waals surface area contributed by atoms with Crippen LogP contribution in [0.4, 0.5) is 18.9 Å². The molecule has 0 saturated carbocycles. The Balaban J connectivity index is 0.00000176. The van der Waals surface area contributed by atoms with Crippen LogP contribution in [0.25, 0.3) is 0 Å². The third-order valence-electron chi connectivity index (χ3n) is 4.38. The van der Waals surface area contributed by atoms with Gasteiger partial charge in [0.1, 0.15) is 5.69 Å². The van der Waals surface area contributed by atoms with Gasteiger partial charge in [0.15, 0.2) is 0 Å². The summed E-state index contributed by atoms with van der Waals surface area (Å²) in [6, 6.07) is 2.24. The van der Waals surface area contributed by atoms with Crippen LogP contribution in [0, 0.1) is 5.41 Å². The highest BCUT2D eigenvalue weighted by atomic mass is 35.5. The zero-order chi connectivity index (χ0) is 15.1. The van der Waals surface area contributed by atoms with Crippen LogP contribution in [0.1, 0.15) is 25.0 Å². The molecule has 1 aromatic rings. The van der Waals surface area contributed by atoms with Gasteiger partial charge in [-0.25, -0.2) is 4.98 Å². The fraction of sp³-hybridized carbons (Fsp3) is 0.571. The lowest BCUT2D eigenvalue weighted by atomic mass is 9.77. The summed E-state index contributed by atoms with van der Waals surface area (Å²) in [5, 5.41) is 3.27. The van der Waals surface area contributed by atoms with E-state index in [1.54, 1.807) is 0 Å². The Bertz CT molecular complexity index is 541. The van der Waals surface area contributed by atoms with Crippen molar-refractivity contribution in [2.75, 3.05) is 24.5 Å². The van der Waals surface area contributed by atoms with Crippen molar-refractivity contribution in [1.29, 1.82) is 0 Å². The zero-order valence-electron chi connectivity index (χ0n) is 11.8. The summed E-state index contributed by atoms with van der Waals surface area (Å²) in [7, 11) is 0. The van der Waals surface area contributed by atoms with Crippen molar-refractivity contribution in [2.24, 2.45) is 5.41 Å². The number of amides is 1. The van der Waals surface area contributed by atoms with E-state index in [-0.39, 0.29) is 23.7 Å². The summed E-state index contributed by atoms with van der Waals surface area (Å²) in [6.07, 6.45) is -1.03. The van der Waals surface area contributed by atoms with E-state index in [1.165, 1.54) is 11.0 Å². The molecule has 0 aromatic carbocycles. The number of pyridine rings is 1. The molecule has 0 aliphatic carbocycles. The van der Waals surface area contributed by atoms with Crippen LogP contribution in [0.2, 0.25) is 0 Å². The van der Waals surface area contributed by atoms with E-state index < -0.39 is 11.9 Å². The Labute approximate surface area is 132 Å². The lowest BCUT2D eigenvalue weighted by Gasteiger charge is -2.38. The first-order chi connectivity index (χ1) is 9.90. The molecule has 2 aliphatic heterocycles. The Morgan fingerprint density at radius 2 is 2.05 bits per heavy atom. The minimum Gasteiger partial charge on any atom is -0.316 e. The maximum Gasteiger partial charge on any atom is 0.433 e. The third kappa shape index (κ3) is 3.20. The highest BCUT2D eigenvalue weighted by Gasteiger charge is 2.41. The average Bonchev–Trinajstić information content (AvgIpc) is 2.86. The first-order valence-corrected chi connectivity index (χ1v) is 6.94. The number of alkyl halides is 3. The van der Waals surface area contributed by atoms with Gasteiger partial charge in [-0.1, -0.05) is 0 Å². The Hall–Kier alpha value is -1.34. The maximum absolute atomic E-state index is 12.5. The van der Waals surface area contributed by atoms with E-state index >= 15 is 0 Å². The number of hydrogen-bond donors (Lipinski definition) is 1. The van der Waals surface area contributed by atoms with Crippen LogP contribution >= 0.6 is 12.4 Å². The van der Waals surface area contributed by atoms with E-state index in [0.29, 0.717) is 18.7 Å². The van der Waals surface area contributed by atoms with Gasteiger partial charge in [0.2, 0.25) is 5.91 Å². The maximum atomic E-state index is 12.5. The average molecular weight is 336 g/mol. The second-order valence-electron chi connectivity index (χ2n) is 5.80. The Morgan fingerprint density at radius 1 is 1.27 bits per heavy atom. The van der Waals surface area contributed by atoms with Crippen LogP contribution < -0.4 is 10.2 Å². The van der Waals surface area contributed by atoms with Crippen LogP contribution in [0.15, 0.2) is 18.3 Å². The van der Waals surface area contributed by atoms with Gasteiger partial charge in [-0.15, -0.1) is 12.4 Å². The largest absolute Gasteiger partial charge is 0.433 e. The van der Waals surface area contributed by atoms with Crippen molar-refractivity contribution in [3.05, 3.63) is 24.0 Å². The molecule has 0 radical (unpaired) electrons. The number of piperidine rings is 1. The van der Waals surface area contributed by atoms with E-state index in [9.17, 15) is 18.0 Å². The number of rotatable bonds is 1. The van der Waals surface area contributed by atoms with Gasteiger partial charge in [0.05, 0.1) is 11.9 Å². The molecule has 122 valence electrons. The molecule has 1 aromatic heterocycles. The molecule has 3 heterocycles. The highest BCUT2D eigenvalue weighted by molar-refractivity contribution is 5.94. The quantitative estimate of drug-likeness (QED) is 0.858. The molecule has 4 nitrogen and oxygen atoms in total. The number of hydrogen-bond acceptors (Lipinski definition) is 3. The summed E-state index contributed by atoms with van der Waals surface area (Å²) < 4.78 is 37.5. The number of anilines is 1. The van der Waals surface area contributed by atoms with Crippen molar-refractivity contribution in [3.63, 3.8) is 0 Å². The van der Waals surface area contributed by atoms with Crippen molar-refractivity contribution in [1.82, 2.24) is 10.3 Å². The molecule has 1 spiro atoms. The third-order valence-corrected chi connectivity index (χ3v) is 4.38. The Kier molecular flexibility index (Phi) is 4.67. The van der Waals surface area contributed by atoms with Gasteiger partial charge in [-0.2, -0.15) is 13.2 Å². The first-order valence-electron chi connectivity index (χ1n) is 6.94. The molecule has 22 heavy (non-hydrogen) atoms. The number of nitrogens with one attached hydrogen (secondary N) is 1. The molecule has 2 aliphatic rings. The molecule has 2 saturated heterocycles. The van der Waals surface area contributed by atoms with Crippen molar-refractivity contribution in [3.8, 4) is 0 Å². The van der Waals surface area contributed by atoms with Gasteiger partial charge in [-0.3, -0.25) is 4.79 Å². The standard InChI is InChI=1S/C14H16F3N3O.ClH/c15-14(16,17)11-2-1-10(8-19-11)20-6-4-13(7-12(20)21)3-5-18-9-13;/h1-2,8,18H,3-7,9H2;1H. The topological polar surface area (TPSA) is 45.2 Å². The predicted molar refractivity (Wildman–Crippen MR) is 78.0 cm³/mol. The molecular weight excluding hydrogens is 319 g/mol.